The van der Waals surface area contributed by atoms with Gasteiger partial charge in [0.1, 0.15) is 10.6 Å². The Labute approximate surface area is 193 Å². The zero-order valence-electron chi connectivity index (χ0n) is 19.1. The predicted molar refractivity (Wildman–Crippen MR) is 122 cm³/mol. The van der Waals surface area contributed by atoms with Crippen LogP contribution in [0, 0.1) is 17.6 Å². The number of halogens is 2. The third kappa shape index (κ3) is 6.20. The molecular weight excluding hydrogens is 452 g/mol. The molecule has 1 atom stereocenters. The van der Waals surface area contributed by atoms with E-state index in [2.05, 4.69) is 10.0 Å². The van der Waals surface area contributed by atoms with Crippen molar-refractivity contribution in [1.29, 1.82) is 0 Å². The Hall–Kier alpha value is -2.72. The summed E-state index contributed by atoms with van der Waals surface area (Å²) < 4.78 is 60.1. The average molecular weight is 482 g/mol. The largest absolute Gasteiger partial charge is 0.495 e. The lowest BCUT2D eigenvalue weighted by molar-refractivity contribution is 0.0948. The summed E-state index contributed by atoms with van der Waals surface area (Å²) in [6.45, 7) is 6.78. The minimum Gasteiger partial charge on any atom is -0.495 e. The van der Waals surface area contributed by atoms with Gasteiger partial charge in [-0.15, -0.1) is 0 Å². The van der Waals surface area contributed by atoms with Crippen molar-refractivity contribution in [3.8, 4) is 5.75 Å². The number of hydrogen-bond acceptors (Lipinski definition) is 5. The van der Waals surface area contributed by atoms with Crippen molar-refractivity contribution in [2.24, 2.45) is 5.92 Å². The van der Waals surface area contributed by atoms with Crippen molar-refractivity contribution >= 4 is 21.6 Å². The SMILES string of the molecule is COc1ccc(C(=O)NCC2CCN(c3ccc(F)c(F)c3)C2)cc1S(=O)(=O)NC(C)(C)C. The molecule has 0 bridgehead atoms. The van der Waals surface area contributed by atoms with Crippen molar-refractivity contribution in [3.63, 3.8) is 0 Å². The quantitative estimate of drug-likeness (QED) is 0.634. The minimum absolute atomic E-state index is 0.113. The monoisotopic (exact) mass is 481 g/mol. The molecule has 33 heavy (non-hydrogen) atoms. The van der Waals surface area contributed by atoms with E-state index >= 15 is 0 Å². The van der Waals surface area contributed by atoms with Crippen LogP contribution < -0.4 is 19.7 Å². The van der Waals surface area contributed by atoms with Crippen molar-refractivity contribution in [3.05, 3.63) is 53.6 Å². The summed E-state index contributed by atoms with van der Waals surface area (Å²) in [5, 5.41) is 2.84. The molecule has 0 radical (unpaired) electrons. The highest BCUT2D eigenvalue weighted by atomic mass is 32.2. The first kappa shape index (κ1) is 24.9. The molecule has 2 aromatic rings. The van der Waals surface area contributed by atoms with Crippen molar-refractivity contribution < 1.29 is 26.7 Å². The number of ether oxygens (including phenoxy) is 1. The molecule has 2 aromatic carbocycles. The number of anilines is 1. The van der Waals surface area contributed by atoms with Crippen LogP contribution in [0.25, 0.3) is 0 Å². The molecule has 1 unspecified atom stereocenters. The second-order valence-electron chi connectivity index (χ2n) is 9.13. The molecule has 1 aliphatic rings. The maximum Gasteiger partial charge on any atom is 0.251 e. The molecule has 1 aliphatic heterocycles. The van der Waals surface area contributed by atoms with E-state index in [0.717, 1.165) is 12.5 Å². The van der Waals surface area contributed by atoms with Crippen LogP contribution in [-0.4, -0.2) is 46.6 Å². The molecule has 1 heterocycles. The minimum atomic E-state index is -3.91. The smallest absolute Gasteiger partial charge is 0.251 e. The van der Waals surface area contributed by atoms with Gasteiger partial charge in [-0.3, -0.25) is 4.79 Å². The Morgan fingerprint density at radius 2 is 1.88 bits per heavy atom. The normalized spacial score (nSPS) is 16.7. The number of carbonyl (C=O) groups is 1. The molecule has 3 rings (SSSR count). The number of benzene rings is 2. The lowest BCUT2D eigenvalue weighted by Gasteiger charge is -2.21. The zero-order valence-corrected chi connectivity index (χ0v) is 19.9. The van der Waals surface area contributed by atoms with E-state index in [9.17, 15) is 22.0 Å². The highest BCUT2D eigenvalue weighted by Gasteiger charge is 2.27. The van der Waals surface area contributed by atoms with Gasteiger partial charge in [0.2, 0.25) is 10.0 Å². The Kier molecular flexibility index (Phi) is 7.28. The number of amides is 1. The fraction of sp³-hybridized carbons (Fsp3) is 0.435. The molecule has 7 nitrogen and oxygen atoms in total. The van der Waals surface area contributed by atoms with Gasteiger partial charge in [0.05, 0.1) is 7.11 Å². The summed E-state index contributed by atoms with van der Waals surface area (Å²) in [6, 6.07) is 8.05. The summed E-state index contributed by atoms with van der Waals surface area (Å²) in [7, 11) is -2.55. The van der Waals surface area contributed by atoms with Crippen LogP contribution in [0.4, 0.5) is 14.5 Å². The second kappa shape index (κ2) is 9.64. The Balaban J connectivity index is 1.66. The lowest BCUT2D eigenvalue weighted by Crippen LogP contribution is -2.40. The summed E-state index contributed by atoms with van der Waals surface area (Å²) in [4.78, 5) is 14.6. The number of sulfonamides is 1. The van der Waals surface area contributed by atoms with Gasteiger partial charge < -0.3 is 15.0 Å². The van der Waals surface area contributed by atoms with E-state index in [1.165, 1.54) is 37.4 Å². The van der Waals surface area contributed by atoms with Crippen LogP contribution in [0.1, 0.15) is 37.6 Å². The van der Waals surface area contributed by atoms with Gasteiger partial charge in [-0.1, -0.05) is 0 Å². The second-order valence-corrected chi connectivity index (χ2v) is 10.8. The Morgan fingerprint density at radius 3 is 2.52 bits per heavy atom. The number of nitrogens with one attached hydrogen (secondary N) is 2. The molecule has 0 spiro atoms. The fourth-order valence-electron chi connectivity index (χ4n) is 3.74. The highest BCUT2D eigenvalue weighted by Crippen LogP contribution is 2.27. The van der Waals surface area contributed by atoms with Crippen LogP contribution in [0.2, 0.25) is 0 Å². The van der Waals surface area contributed by atoms with Gasteiger partial charge >= 0.3 is 0 Å². The zero-order chi connectivity index (χ0) is 24.4. The van der Waals surface area contributed by atoms with E-state index in [4.69, 9.17) is 4.74 Å². The Morgan fingerprint density at radius 1 is 1.15 bits per heavy atom. The maximum absolute atomic E-state index is 13.5. The highest BCUT2D eigenvalue weighted by molar-refractivity contribution is 7.89. The van der Waals surface area contributed by atoms with Gasteiger partial charge in [0.25, 0.3) is 5.91 Å². The first-order chi connectivity index (χ1) is 15.4. The van der Waals surface area contributed by atoms with E-state index in [1.807, 2.05) is 4.90 Å². The summed E-state index contributed by atoms with van der Waals surface area (Å²) in [6.07, 6.45) is 0.775. The van der Waals surface area contributed by atoms with Crippen LogP contribution in [0.3, 0.4) is 0 Å². The third-order valence-corrected chi connectivity index (χ3v) is 7.04. The molecule has 10 heteroatoms. The number of carbonyl (C=O) groups excluding carboxylic acids is 1. The molecule has 0 saturated carbocycles. The maximum atomic E-state index is 13.5. The van der Waals surface area contributed by atoms with E-state index in [1.54, 1.807) is 20.8 Å². The topological polar surface area (TPSA) is 87.7 Å². The van der Waals surface area contributed by atoms with Gasteiger partial charge in [-0.25, -0.2) is 21.9 Å². The average Bonchev–Trinajstić information content (AvgIpc) is 3.21. The first-order valence-corrected chi connectivity index (χ1v) is 12.1. The fourth-order valence-corrected chi connectivity index (χ4v) is 5.36. The molecule has 2 N–H and O–H groups in total. The van der Waals surface area contributed by atoms with Crippen molar-refractivity contribution in [2.45, 2.75) is 37.6 Å². The van der Waals surface area contributed by atoms with Crippen molar-refractivity contribution in [2.75, 3.05) is 31.6 Å². The summed E-state index contributed by atoms with van der Waals surface area (Å²) in [5.74, 6) is -1.93. The van der Waals surface area contributed by atoms with Gasteiger partial charge in [0, 0.05) is 42.5 Å². The molecular formula is C23H29F2N3O4S. The number of nitrogens with zero attached hydrogens (tertiary/aromatic N) is 1. The molecule has 0 aliphatic carbocycles. The van der Waals surface area contributed by atoms with E-state index in [0.29, 0.717) is 25.3 Å². The van der Waals surface area contributed by atoms with Gasteiger partial charge in [-0.05, 0) is 63.4 Å². The van der Waals surface area contributed by atoms with Gasteiger partial charge in [-0.2, -0.15) is 0 Å². The number of hydrogen-bond donors (Lipinski definition) is 2. The predicted octanol–water partition coefficient (Wildman–Crippen LogP) is 3.31. The van der Waals surface area contributed by atoms with Gasteiger partial charge in [0.15, 0.2) is 11.6 Å². The van der Waals surface area contributed by atoms with Crippen LogP contribution in [0.5, 0.6) is 5.75 Å². The molecule has 0 aromatic heterocycles. The van der Waals surface area contributed by atoms with Crippen LogP contribution in [0.15, 0.2) is 41.3 Å². The third-order valence-electron chi connectivity index (χ3n) is 5.26. The number of methoxy groups -OCH3 is 1. The molecule has 1 fully saturated rings. The summed E-state index contributed by atoms with van der Waals surface area (Å²) >= 11 is 0. The molecule has 1 saturated heterocycles. The van der Waals surface area contributed by atoms with E-state index in [-0.39, 0.29) is 22.1 Å². The molecule has 1 amide bonds. The summed E-state index contributed by atoms with van der Waals surface area (Å²) in [5.41, 5.74) is 0.0868. The van der Waals surface area contributed by atoms with Crippen LogP contribution in [-0.2, 0) is 10.0 Å². The van der Waals surface area contributed by atoms with Crippen molar-refractivity contribution in [1.82, 2.24) is 10.0 Å². The first-order valence-electron chi connectivity index (χ1n) is 10.6. The van der Waals surface area contributed by atoms with Crippen LogP contribution >= 0.6 is 0 Å². The van der Waals surface area contributed by atoms with E-state index < -0.39 is 33.1 Å². The number of rotatable bonds is 7. The lowest BCUT2D eigenvalue weighted by atomic mass is 10.1. The Bertz CT molecular complexity index is 1130. The standard InChI is InChI=1S/C23H29F2N3O4S/c1-23(2,3)27-33(30,31)21-11-16(5-8-20(21)32-4)22(29)26-13-15-9-10-28(14-15)17-6-7-18(24)19(25)12-17/h5-8,11-12,15,27H,9-10,13-14H2,1-4H3,(H,26,29). The molecule has 180 valence electrons.